The van der Waals surface area contributed by atoms with E-state index in [0.29, 0.717) is 12.0 Å². The maximum Gasteiger partial charge on any atom is 0.103 e. The van der Waals surface area contributed by atoms with Gasteiger partial charge in [0.1, 0.15) is 5.54 Å². The van der Waals surface area contributed by atoms with Gasteiger partial charge in [0.05, 0.1) is 5.70 Å². The quantitative estimate of drug-likeness (QED) is 0.532. The lowest BCUT2D eigenvalue weighted by molar-refractivity contribution is 0.0601. The first-order valence-electron chi connectivity index (χ1n) is 12.0. The zero-order valence-corrected chi connectivity index (χ0v) is 18.0. The van der Waals surface area contributed by atoms with Crippen LogP contribution >= 0.6 is 0 Å². The molecule has 0 bridgehead atoms. The molecule has 1 heterocycles. The van der Waals surface area contributed by atoms with E-state index in [0.717, 1.165) is 5.70 Å². The zero-order valence-electron chi connectivity index (χ0n) is 18.0. The smallest absolute Gasteiger partial charge is 0.103 e. The molecule has 0 radical (unpaired) electrons. The van der Waals surface area contributed by atoms with E-state index in [1.54, 1.807) is 0 Å². The fourth-order valence-electron chi connectivity index (χ4n) is 6.05. The molecular weight excluding hydrogens is 364 g/mol. The second-order valence-electron chi connectivity index (χ2n) is 9.36. The maximum atomic E-state index is 5.14. The summed E-state index contributed by atoms with van der Waals surface area (Å²) >= 11 is 0. The molecule has 2 saturated carbocycles. The summed E-state index contributed by atoms with van der Waals surface area (Å²) in [5.41, 5.74) is 3.65. The van der Waals surface area contributed by atoms with Crippen molar-refractivity contribution in [2.24, 2.45) is 10.9 Å². The van der Waals surface area contributed by atoms with Crippen LogP contribution in [0.4, 0.5) is 0 Å². The molecule has 0 spiro atoms. The van der Waals surface area contributed by atoms with E-state index in [1.807, 2.05) is 0 Å². The molecule has 1 aliphatic heterocycles. The van der Waals surface area contributed by atoms with E-state index in [2.05, 4.69) is 78.0 Å². The van der Waals surface area contributed by atoms with Gasteiger partial charge in [-0.25, -0.2) is 0 Å². The van der Waals surface area contributed by atoms with Crippen LogP contribution < -0.4 is 0 Å². The Bertz CT molecular complexity index is 873. The number of hydrogen-bond donors (Lipinski definition) is 0. The van der Waals surface area contributed by atoms with Gasteiger partial charge in [0.2, 0.25) is 0 Å². The number of hydrogen-bond acceptors (Lipinski definition) is 2. The van der Waals surface area contributed by atoms with Gasteiger partial charge in [-0.15, -0.1) is 0 Å². The lowest BCUT2D eigenvalue weighted by Crippen LogP contribution is -2.56. The predicted molar refractivity (Wildman–Crippen MR) is 126 cm³/mol. The van der Waals surface area contributed by atoms with Crippen molar-refractivity contribution in [3.8, 4) is 0 Å². The summed E-state index contributed by atoms with van der Waals surface area (Å²) in [5.74, 6) is 0.632. The lowest BCUT2D eigenvalue weighted by atomic mass is 9.69. The number of benzene rings is 2. The number of aliphatic imine (C=N–C) groups is 1. The number of nitrogens with zero attached hydrogens (tertiary/aromatic N) is 2. The van der Waals surface area contributed by atoms with Gasteiger partial charge in [0, 0.05) is 24.0 Å². The molecule has 0 saturated heterocycles. The van der Waals surface area contributed by atoms with Gasteiger partial charge in [-0.2, -0.15) is 0 Å². The standard InChI is InChI=1S/C28H34N2/c1-5-13-23(14-6-1)27-21-30(26-19-11-4-12-20-26)28(22-29-27,24-15-7-2-8-16-24)25-17-9-3-10-18-25/h1-2,5-8,13-16,21-22,25-26H,3-4,9-12,17-20H2. The molecule has 3 aliphatic rings. The summed E-state index contributed by atoms with van der Waals surface area (Å²) in [6.07, 6.45) is 18.1. The Labute approximate surface area is 181 Å². The Morgan fingerprint density at radius 1 is 0.700 bits per heavy atom. The minimum atomic E-state index is -0.109. The highest BCUT2D eigenvalue weighted by molar-refractivity contribution is 5.84. The van der Waals surface area contributed by atoms with Gasteiger partial charge in [0.25, 0.3) is 0 Å². The summed E-state index contributed by atoms with van der Waals surface area (Å²) in [5, 5.41) is 0. The van der Waals surface area contributed by atoms with Crippen molar-refractivity contribution in [2.45, 2.75) is 75.8 Å². The van der Waals surface area contributed by atoms with E-state index in [1.165, 1.54) is 75.3 Å². The van der Waals surface area contributed by atoms with Crippen molar-refractivity contribution < 1.29 is 0 Å². The molecule has 1 atom stereocenters. The first kappa shape index (κ1) is 19.6. The van der Waals surface area contributed by atoms with Gasteiger partial charge in [-0.05, 0) is 37.2 Å². The van der Waals surface area contributed by atoms with Gasteiger partial charge in [-0.1, -0.05) is 99.2 Å². The highest BCUT2D eigenvalue weighted by Crippen LogP contribution is 2.47. The molecule has 0 aromatic heterocycles. The van der Waals surface area contributed by atoms with Crippen molar-refractivity contribution in [1.82, 2.24) is 4.90 Å². The Balaban J connectivity index is 1.63. The third kappa shape index (κ3) is 3.62. The Kier molecular flexibility index (Phi) is 5.75. The second-order valence-corrected chi connectivity index (χ2v) is 9.36. The van der Waals surface area contributed by atoms with Crippen LogP contribution in [0.5, 0.6) is 0 Å². The largest absolute Gasteiger partial charge is 0.358 e. The molecule has 2 aromatic carbocycles. The molecule has 30 heavy (non-hydrogen) atoms. The van der Waals surface area contributed by atoms with E-state index < -0.39 is 0 Å². The molecule has 2 fully saturated rings. The average molecular weight is 399 g/mol. The molecule has 2 aliphatic carbocycles. The van der Waals surface area contributed by atoms with Gasteiger partial charge in [-0.3, -0.25) is 4.99 Å². The summed E-state index contributed by atoms with van der Waals surface area (Å²) < 4.78 is 0. The monoisotopic (exact) mass is 398 g/mol. The highest BCUT2D eigenvalue weighted by Gasteiger charge is 2.47. The third-order valence-corrected chi connectivity index (χ3v) is 7.59. The van der Waals surface area contributed by atoms with Crippen molar-refractivity contribution in [2.75, 3.05) is 0 Å². The molecule has 0 N–H and O–H groups in total. The number of rotatable bonds is 4. The van der Waals surface area contributed by atoms with Crippen molar-refractivity contribution >= 4 is 11.9 Å². The van der Waals surface area contributed by atoms with Crippen LogP contribution in [0.3, 0.4) is 0 Å². The van der Waals surface area contributed by atoms with Gasteiger partial charge in [0.15, 0.2) is 0 Å². The maximum absolute atomic E-state index is 5.14. The summed E-state index contributed by atoms with van der Waals surface area (Å²) in [6, 6.07) is 22.6. The van der Waals surface area contributed by atoms with E-state index in [4.69, 9.17) is 4.99 Å². The topological polar surface area (TPSA) is 15.6 Å². The summed E-state index contributed by atoms with van der Waals surface area (Å²) in [4.78, 5) is 7.92. The van der Waals surface area contributed by atoms with Crippen molar-refractivity contribution in [3.63, 3.8) is 0 Å². The van der Waals surface area contributed by atoms with Crippen LogP contribution in [-0.4, -0.2) is 17.2 Å². The Morgan fingerprint density at radius 3 is 1.97 bits per heavy atom. The molecule has 156 valence electrons. The molecule has 1 unspecified atom stereocenters. The summed E-state index contributed by atoms with van der Waals surface area (Å²) in [7, 11) is 0. The average Bonchev–Trinajstić information content (AvgIpc) is 2.86. The first-order valence-corrected chi connectivity index (χ1v) is 12.0. The van der Waals surface area contributed by atoms with Crippen LogP contribution in [0.2, 0.25) is 0 Å². The Morgan fingerprint density at radius 2 is 1.30 bits per heavy atom. The Hall–Kier alpha value is -2.35. The van der Waals surface area contributed by atoms with Crippen molar-refractivity contribution in [1.29, 1.82) is 0 Å². The van der Waals surface area contributed by atoms with Crippen LogP contribution in [0.1, 0.15) is 75.3 Å². The fraction of sp³-hybridized carbons (Fsp3) is 0.464. The molecular formula is C28H34N2. The minimum absolute atomic E-state index is 0.109. The van der Waals surface area contributed by atoms with E-state index in [9.17, 15) is 0 Å². The van der Waals surface area contributed by atoms with Crippen LogP contribution in [0, 0.1) is 5.92 Å². The zero-order chi connectivity index (χ0) is 20.2. The van der Waals surface area contributed by atoms with Gasteiger partial charge < -0.3 is 4.90 Å². The van der Waals surface area contributed by atoms with E-state index in [-0.39, 0.29) is 5.54 Å². The second kappa shape index (κ2) is 8.79. The van der Waals surface area contributed by atoms with Crippen LogP contribution in [0.25, 0.3) is 5.70 Å². The van der Waals surface area contributed by atoms with Gasteiger partial charge >= 0.3 is 0 Å². The van der Waals surface area contributed by atoms with Crippen LogP contribution in [0.15, 0.2) is 71.9 Å². The van der Waals surface area contributed by atoms with Crippen LogP contribution in [-0.2, 0) is 5.54 Å². The molecule has 0 amide bonds. The molecule has 2 aromatic rings. The third-order valence-electron chi connectivity index (χ3n) is 7.59. The molecule has 2 nitrogen and oxygen atoms in total. The van der Waals surface area contributed by atoms with E-state index >= 15 is 0 Å². The SMILES string of the molecule is C1=NC(c2ccccc2)=CN(C2CCCCC2)C1(c1ccccc1)C1CCCCC1. The minimum Gasteiger partial charge on any atom is -0.358 e. The normalized spacial score (nSPS) is 25.9. The fourth-order valence-corrected chi connectivity index (χ4v) is 6.05. The molecule has 2 heteroatoms. The lowest BCUT2D eigenvalue weighted by Gasteiger charge is -2.53. The highest BCUT2D eigenvalue weighted by atomic mass is 15.2. The van der Waals surface area contributed by atoms with Crippen molar-refractivity contribution in [3.05, 3.63) is 78.0 Å². The predicted octanol–water partition coefficient (Wildman–Crippen LogP) is 7.18. The summed E-state index contributed by atoms with van der Waals surface area (Å²) in [6.45, 7) is 0. The first-order chi connectivity index (χ1) is 14.9. The molecule has 5 rings (SSSR count).